The van der Waals surface area contributed by atoms with Gasteiger partial charge in [-0.3, -0.25) is 0 Å². The number of fused-ring (bicyclic) bond motifs is 1. The normalized spacial score (nSPS) is 11.1. The van der Waals surface area contributed by atoms with E-state index in [-0.39, 0.29) is 0 Å². The fraction of sp³-hybridized carbons (Fsp3) is 0.182. The van der Waals surface area contributed by atoms with Crippen LogP contribution in [-0.2, 0) is 6.54 Å². The lowest BCUT2D eigenvalue weighted by Gasteiger charge is -2.09. The van der Waals surface area contributed by atoms with Crippen molar-refractivity contribution >= 4 is 45.7 Å². The number of nitrogens with two attached hydrogens (primary N) is 1. The number of rotatable bonds is 1. The van der Waals surface area contributed by atoms with E-state index in [0.29, 0.717) is 27.1 Å². The summed E-state index contributed by atoms with van der Waals surface area (Å²) in [6.45, 7) is 2.30. The molecule has 0 atom stereocenters. The summed E-state index contributed by atoms with van der Waals surface area (Å²) < 4.78 is 0. The molecule has 0 radical (unpaired) electrons. The molecule has 2 nitrogen and oxygen atoms in total. The van der Waals surface area contributed by atoms with E-state index in [2.05, 4.69) is 4.98 Å². The zero-order valence-corrected chi connectivity index (χ0v) is 10.8. The topological polar surface area (TPSA) is 38.9 Å². The molecular weight excluding hydrogens is 266 g/mol. The van der Waals surface area contributed by atoms with Crippen molar-refractivity contribution in [2.45, 2.75) is 13.5 Å². The first kappa shape index (κ1) is 11.9. The molecule has 0 bridgehead atoms. The third kappa shape index (κ3) is 1.87. The molecule has 0 aliphatic rings. The number of pyridine rings is 1. The number of halogens is 3. The Morgan fingerprint density at radius 3 is 2.50 bits per heavy atom. The van der Waals surface area contributed by atoms with Crippen LogP contribution in [-0.4, -0.2) is 4.98 Å². The third-order valence-corrected chi connectivity index (χ3v) is 3.46. The molecule has 5 heteroatoms. The molecule has 0 aliphatic carbocycles. The van der Waals surface area contributed by atoms with Crippen LogP contribution in [0.5, 0.6) is 0 Å². The van der Waals surface area contributed by atoms with Gasteiger partial charge in [-0.05, 0) is 24.6 Å². The first-order chi connectivity index (χ1) is 7.54. The molecule has 0 unspecified atom stereocenters. The molecule has 2 rings (SSSR count). The van der Waals surface area contributed by atoms with Gasteiger partial charge in [0.2, 0.25) is 0 Å². The molecule has 0 aliphatic heterocycles. The van der Waals surface area contributed by atoms with E-state index < -0.39 is 0 Å². The van der Waals surface area contributed by atoms with Gasteiger partial charge in [-0.25, -0.2) is 4.98 Å². The highest BCUT2D eigenvalue weighted by molar-refractivity contribution is 6.47. The van der Waals surface area contributed by atoms with E-state index in [4.69, 9.17) is 40.5 Å². The van der Waals surface area contributed by atoms with Crippen LogP contribution in [0.1, 0.15) is 11.3 Å². The van der Waals surface area contributed by atoms with Gasteiger partial charge in [0.1, 0.15) is 0 Å². The van der Waals surface area contributed by atoms with E-state index in [9.17, 15) is 0 Å². The van der Waals surface area contributed by atoms with Crippen LogP contribution in [0.4, 0.5) is 0 Å². The fourth-order valence-corrected chi connectivity index (χ4v) is 2.46. The Bertz CT molecular complexity index is 567. The monoisotopic (exact) mass is 274 g/mol. The van der Waals surface area contributed by atoms with Crippen molar-refractivity contribution in [3.8, 4) is 0 Å². The minimum Gasteiger partial charge on any atom is -0.325 e. The third-order valence-electron chi connectivity index (χ3n) is 2.39. The molecular formula is C11H9Cl3N2. The Morgan fingerprint density at radius 1 is 1.19 bits per heavy atom. The SMILES string of the molecule is Cc1cc(CN)nc2c(Cl)cc(Cl)c(Cl)c12. The van der Waals surface area contributed by atoms with Crippen LogP contribution in [0.2, 0.25) is 15.1 Å². The fourth-order valence-electron chi connectivity index (χ4n) is 1.66. The van der Waals surface area contributed by atoms with Gasteiger partial charge in [-0.15, -0.1) is 0 Å². The highest BCUT2D eigenvalue weighted by Gasteiger charge is 2.12. The Morgan fingerprint density at radius 2 is 1.88 bits per heavy atom. The van der Waals surface area contributed by atoms with Crippen LogP contribution >= 0.6 is 34.8 Å². The lowest BCUT2D eigenvalue weighted by atomic mass is 10.1. The summed E-state index contributed by atoms with van der Waals surface area (Å²) in [5.41, 5.74) is 7.97. The van der Waals surface area contributed by atoms with Crippen LogP contribution in [0.3, 0.4) is 0 Å². The molecule has 0 amide bonds. The average molecular weight is 276 g/mol. The minimum absolute atomic E-state index is 0.368. The van der Waals surface area contributed by atoms with Crippen molar-refractivity contribution < 1.29 is 0 Å². The molecule has 2 N–H and O–H groups in total. The first-order valence-electron chi connectivity index (χ1n) is 4.68. The summed E-state index contributed by atoms with van der Waals surface area (Å²) >= 11 is 18.2. The van der Waals surface area contributed by atoms with Crippen LogP contribution in [0, 0.1) is 6.92 Å². The summed E-state index contributed by atoms with van der Waals surface area (Å²) in [5, 5.41) is 2.19. The number of benzene rings is 1. The maximum Gasteiger partial charge on any atom is 0.0910 e. The zero-order chi connectivity index (χ0) is 11.9. The largest absolute Gasteiger partial charge is 0.325 e. The van der Waals surface area contributed by atoms with E-state index in [0.717, 1.165) is 16.6 Å². The van der Waals surface area contributed by atoms with Gasteiger partial charge in [0.05, 0.1) is 26.3 Å². The predicted octanol–water partition coefficient (Wildman–Crippen LogP) is 3.96. The number of aromatic nitrogens is 1. The van der Waals surface area contributed by atoms with Gasteiger partial charge in [0.25, 0.3) is 0 Å². The van der Waals surface area contributed by atoms with Gasteiger partial charge >= 0.3 is 0 Å². The summed E-state index contributed by atoms with van der Waals surface area (Å²) in [4.78, 5) is 4.36. The second-order valence-corrected chi connectivity index (χ2v) is 4.70. The Balaban J connectivity index is 2.94. The van der Waals surface area contributed by atoms with E-state index in [1.54, 1.807) is 6.07 Å². The van der Waals surface area contributed by atoms with Gasteiger partial charge in [-0.1, -0.05) is 34.8 Å². The maximum absolute atomic E-state index is 6.14. The second-order valence-electron chi connectivity index (χ2n) is 3.51. The van der Waals surface area contributed by atoms with Crippen molar-refractivity contribution in [1.29, 1.82) is 0 Å². The van der Waals surface area contributed by atoms with Crippen molar-refractivity contribution in [2.24, 2.45) is 5.73 Å². The Hall–Kier alpha value is -0.540. The van der Waals surface area contributed by atoms with Crippen LogP contribution in [0.25, 0.3) is 10.9 Å². The summed E-state index contributed by atoms with van der Waals surface area (Å²) in [7, 11) is 0. The number of hydrogen-bond donors (Lipinski definition) is 1. The quantitative estimate of drug-likeness (QED) is 0.800. The van der Waals surface area contributed by atoms with Crippen molar-refractivity contribution in [2.75, 3.05) is 0 Å². The molecule has 0 saturated carbocycles. The second kappa shape index (κ2) is 4.38. The highest BCUT2D eigenvalue weighted by atomic mass is 35.5. The molecule has 1 aromatic carbocycles. The molecule has 0 spiro atoms. The molecule has 84 valence electrons. The Labute approximate surface area is 108 Å². The van der Waals surface area contributed by atoms with Gasteiger partial charge in [-0.2, -0.15) is 0 Å². The molecule has 2 aromatic rings. The number of nitrogens with zero attached hydrogens (tertiary/aromatic N) is 1. The summed E-state index contributed by atoms with van der Waals surface area (Å²) in [6.07, 6.45) is 0. The Kier molecular flexibility index (Phi) is 3.27. The van der Waals surface area contributed by atoms with E-state index in [1.165, 1.54) is 0 Å². The van der Waals surface area contributed by atoms with Gasteiger partial charge in [0, 0.05) is 11.9 Å². The molecule has 0 saturated heterocycles. The lowest BCUT2D eigenvalue weighted by molar-refractivity contribution is 1.00. The van der Waals surface area contributed by atoms with Crippen LogP contribution in [0.15, 0.2) is 12.1 Å². The van der Waals surface area contributed by atoms with Gasteiger partial charge < -0.3 is 5.73 Å². The van der Waals surface area contributed by atoms with Crippen molar-refractivity contribution in [3.05, 3.63) is 38.5 Å². The smallest absolute Gasteiger partial charge is 0.0910 e. The van der Waals surface area contributed by atoms with Crippen LogP contribution < -0.4 is 5.73 Å². The molecule has 0 fully saturated rings. The predicted molar refractivity (Wildman–Crippen MR) is 69.4 cm³/mol. The maximum atomic E-state index is 6.14. The lowest BCUT2D eigenvalue weighted by Crippen LogP contribution is -2.01. The highest BCUT2D eigenvalue weighted by Crippen LogP contribution is 2.36. The summed E-state index contributed by atoms with van der Waals surface area (Å²) in [5.74, 6) is 0. The average Bonchev–Trinajstić information content (AvgIpc) is 2.25. The number of hydrogen-bond acceptors (Lipinski definition) is 2. The van der Waals surface area contributed by atoms with Crippen molar-refractivity contribution in [3.63, 3.8) is 0 Å². The van der Waals surface area contributed by atoms with Gasteiger partial charge in [0.15, 0.2) is 0 Å². The molecule has 16 heavy (non-hydrogen) atoms. The zero-order valence-electron chi connectivity index (χ0n) is 8.52. The summed E-state index contributed by atoms with van der Waals surface area (Å²) in [6, 6.07) is 3.49. The molecule has 1 aromatic heterocycles. The molecule has 1 heterocycles. The van der Waals surface area contributed by atoms with E-state index in [1.807, 2.05) is 13.0 Å². The van der Waals surface area contributed by atoms with Crippen molar-refractivity contribution in [1.82, 2.24) is 4.98 Å². The number of aryl methyl sites for hydroxylation is 1. The first-order valence-corrected chi connectivity index (χ1v) is 5.81. The van der Waals surface area contributed by atoms with E-state index >= 15 is 0 Å². The standard InChI is InChI=1S/C11H9Cl3N2/c1-5-2-6(4-15)16-11-8(13)3-7(12)10(14)9(5)11/h2-3H,4,15H2,1H3. The minimum atomic E-state index is 0.368.